The van der Waals surface area contributed by atoms with Crippen LogP contribution in [0, 0.1) is 5.92 Å². The van der Waals surface area contributed by atoms with Gasteiger partial charge in [0.15, 0.2) is 0 Å². The zero-order valence-electron chi connectivity index (χ0n) is 23.6. The van der Waals surface area contributed by atoms with Crippen molar-refractivity contribution >= 4 is 5.97 Å². The molecule has 0 rings (SSSR count). The molecule has 0 aliphatic rings. The molecule has 0 amide bonds. The summed E-state index contributed by atoms with van der Waals surface area (Å²) in [6.45, 7) is 7.14. The number of rotatable bonds is 27. The Hall–Kier alpha value is -0.570. The minimum atomic E-state index is -0.337. The summed E-state index contributed by atoms with van der Waals surface area (Å²) in [5.74, 6) is 0.534. The zero-order chi connectivity index (χ0) is 25.1. The minimum Gasteiger partial charge on any atom is -0.466 e. The lowest BCUT2D eigenvalue weighted by Crippen LogP contribution is -2.17. The molecule has 3 nitrogen and oxygen atoms in total. The maximum absolute atomic E-state index is 12.0. The number of esters is 1. The van der Waals surface area contributed by atoms with Gasteiger partial charge in [0, 0.05) is 12.8 Å². The van der Waals surface area contributed by atoms with Crippen molar-refractivity contribution in [2.45, 2.75) is 181 Å². The van der Waals surface area contributed by atoms with E-state index >= 15 is 0 Å². The molecule has 0 aliphatic carbocycles. The van der Waals surface area contributed by atoms with Gasteiger partial charge in [-0.3, -0.25) is 4.79 Å². The monoisotopic (exact) mass is 482 g/mol. The number of carbonyl (C=O) groups excluding carboxylic acids is 1. The molecule has 0 bridgehead atoms. The van der Waals surface area contributed by atoms with Gasteiger partial charge >= 0.3 is 5.97 Å². The van der Waals surface area contributed by atoms with Crippen LogP contribution in [-0.4, -0.2) is 23.8 Å². The first-order chi connectivity index (χ1) is 16.6. The number of hydrogen-bond acceptors (Lipinski definition) is 3. The Balaban J connectivity index is 4.02. The van der Waals surface area contributed by atoms with Crippen LogP contribution in [0.4, 0.5) is 0 Å². The van der Waals surface area contributed by atoms with Gasteiger partial charge in [0.2, 0.25) is 0 Å². The third-order valence-electron chi connectivity index (χ3n) is 7.24. The third-order valence-corrected chi connectivity index (χ3v) is 7.24. The molecule has 0 aromatic carbocycles. The van der Waals surface area contributed by atoms with Gasteiger partial charge in [-0.2, -0.15) is 0 Å². The van der Waals surface area contributed by atoms with E-state index in [1.807, 2.05) is 0 Å². The molecule has 0 spiro atoms. The predicted molar refractivity (Wildman–Crippen MR) is 148 cm³/mol. The average molecular weight is 483 g/mol. The van der Waals surface area contributed by atoms with Gasteiger partial charge in [-0.15, -0.1) is 0 Å². The van der Waals surface area contributed by atoms with Crippen LogP contribution in [0.3, 0.4) is 0 Å². The molecule has 0 fully saturated rings. The van der Waals surface area contributed by atoms with Gasteiger partial charge in [0.05, 0.1) is 12.7 Å². The van der Waals surface area contributed by atoms with Crippen LogP contribution < -0.4 is 0 Å². The van der Waals surface area contributed by atoms with Gasteiger partial charge < -0.3 is 9.84 Å². The average Bonchev–Trinajstić information content (AvgIpc) is 2.82. The quantitative estimate of drug-likeness (QED) is 0.0935. The molecule has 3 heteroatoms. The van der Waals surface area contributed by atoms with Crippen molar-refractivity contribution in [3.63, 3.8) is 0 Å². The Morgan fingerprint density at radius 3 is 1.47 bits per heavy atom. The summed E-state index contributed by atoms with van der Waals surface area (Å²) >= 11 is 0. The van der Waals surface area contributed by atoms with E-state index in [0.29, 0.717) is 25.4 Å². The maximum atomic E-state index is 12.0. The minimum absolute atomic E-state index is 0.0866. The SMILES string of the molecule is CCCCCCCCCC(=O)OCC[C@H](O)CC(CCCCCCCC)CCCCCCCC. The van der Waals surface area contributed by atoms with E-state index in [4.69, 9.17) is 4.74 Å². The number of carbonyl (C=O) groups is 1. The highest BCUT2D eigenvalue weighted by Gasteiger charge is 2.15. The van der Waals surface area contributed by atoms with Crippen molar-refractivity contribution in [1.29, 1.82) is 0 Å². The Labute approximate surface area is 214 Å². The van der Waals surface area contributed by atoms with Crippen LogP contribution in [0.15, 0.2) is 0 Å². The fourth-order valence-electron chi connectivity index (χ4n) is 4.92. The summed E-state index contributed by atoms with van der Waals surface area (Å²) in [6, 6.07) is 0. The Bertz CT molecular complexity index is 393. The summed E-state index contributed by atoms with van der Waals surface area (Å²) in [4.78, 5) is 12.0. The molecule has 0 unspecified atom stereocenters. The Kier molecular flexibility index (Phi) is 26.6. The Morgan fingerprint density at radius 1 is 0.588 bits per heavy atom. The highest BCUT2D eigenvalue weighted by molar-refractivity contribution is 5.69. The summed E-state index contributed by atoms with van der Waals surface area (Å²) in [5, 5.41) is 10.6. The van der Waals surface area contributed by atoms with Gasteiger partial charge in [0.25, 0.3) is 0 Å². The van der Waals surface area contributed by atoms with Gasteiger partial charge in [-0.05, 0) is 18.8 Å². The van der Waals surface area contributed by atoms with Gasteiger partial charge in [-0.1, -0.05) is 149 Å². The van der Waals surface area contributed by atoms with Gasteiger partial charge in [0.1, 0.15) is 0 Å². The molecule has 0 aromatic rings. The van der Waals surface area contributed by atoms with Gasteiger partial charge in [-0.25, -0.2) is 0 Å². The van der Waals surface area contributed by atoms with Crippen LogP contribution in [0.1, 0.15) is 175 Å². The second-order valence-electron chi connectivity index (χ2n) is 10.7. The summed E-state index contributed by atoms with van der Waals surface area (Å²) < 4.78 is 5.41. The van der Waals surface area contributed by atoms with E-state index in [1.165, 1.54) is 122 Å². The lowest BCUT2D eigenvalue weighted by molar-refractivity contribution is -0.144. The molecular weight excluding hydrogens is 420 g/mol. The first-order valence-corrected chi connectivity index (χ1v) is 15.5. The third kappa shape index (κ3) is 24.6. The molecule has 0 aromatic heterocycles. The van der Waals surface area contributed by atoms with E-state index in [-0.39, 0.29) is 12.1 Å². The van der Waals surface area contributed by atoms with Crippen molar-refractivity contribution in [2.24, 2.45) is 5.92 Å². The molecular formula is C31H62O3. The normalized spacial score (nSPS) is 12.4. The van der Waals surface area contributed by atoms with Crippen LogP contribution in [0.25, 0.3) is 0 Å². The number of ether oxygens (including phenoxy) is 1. The van der Waals surface area contributed by atoms with Crippen molar-refractivity contribution in [1.82, 2.24) is 0 Å². The van der Waals surface area contributed by atoms with Crippen molar-refractivity contribution in [3.8, 4) is 0 Å². The van der Waals surface area contributed by atoms with Crippen LogP contribution in [0.2, 0.25) is 0 Å². The molecule has 34 heavy (non-hydrogen) atoms. The summed E-state index contributed by atoms with van der Waals surface area (Å²) in [6.07, 6.45) is 28.7. The Morgan fingerprint density at radius 2 is 1.00 bits per heavy atom. The molecule has 0 radical (unpaired) electrons. The van der Waals surface area contributed by atoms with Crippen molar-refractivity contribution in [3.05, 3.63) is 0 Å². The topological polar surface area (TPSA) is 46.5 Å². The molecule has 1 N–H and O–H groups in total. The van der Waals surface area contributed by atoms with E-state index in [2.05, 4.69) is 20.8 Å². The van der Waals surface area contributed by atoms with E-state index < -0.39 is 0 Å². The second-order valence-corrected chi connectivity index (χ2v) is 10.7. The van der Waals surface area contributed by atoms with Crippen LogP contribution in [0.5, 0.6) is 0 Å². The number of unbranched alkanes of at least 4 members (excludes halogenated alkanes) is 16. The van der Waals surface area contributed by atoms with E-state index in [9.17, 15) is 9.90 Å². The first-order valence-electron chi connectivity index (χ1n) is 15.5. The summed E-state index contributed by atoms with van der Waals surface area (Å²) in [5.41, 5.74) is 0. The van der Waals surface area contributed by atoms with Crippen LogP contribution in [-0.2, 0) is 9.53 Å². The highest BCUT2D eigenvalue weighted by Crippen LogP contribution is 2.24. The second kappa shape index (κ2) is 27.0. The highest BCUT2D eigenvalue weighted by atomic mass is 16.5. The lowest BCUT2D eigenvalue weighted by atomic mass is 9.89. The maximum Gasteiger partial charge on any atom is 0.305 e. The standard InChI is InChI=1S/C31H62O3/c1-4-7-10-13-16-19-22-25-31(33)34-27-26-30(32)28-29(23-20-17-14-11-8-5-2)24-21-18-15-12-9-6-3/h29-30,32H,4-28H2,1-3H3/t30-/m0/s1. The number of hydrogen-bond donors (Lipinski definition) is 1. The molecule has 0 aliphatic heterocycles. The molecule has 0 saturated carbocycles. The van der Waals surface area contributed by atoms with Crippen molar-refractivity contribution in [2.75, 3.05) is 6.61 Å². The summed E-state index contributed by atoms with van der Waals surface area (Å²) in [7, 11) is 0. The molecule has 204 valence electrons. The molecule has 0 heterocycles. The molecule has 1 atom stereocenters. The van der Waals surface area contributed by atoms with Crippen LogP contribution >= 0.6 is 0 Å². The largest absolute Gasteiger partial charge is 0.466 e. The first kappa shape index (κ1) is 33.4. The fraction of sp³-hybridized carbons (Fsp3) is 0.968. The number of aliphatic hydroxyl groups is 1. The fourth-order valence-corrected chi connectivity index (χ4v) is 4.92. The number of aliphatic hydroxyl groups excluding tert-OH is 1. The predicted octanol–water partition coefficient (Wildman–Crippen LogP) is 9.93. The van der Waals surface area contributed by atoms with Crippen molar-refractivity contribution < 1.29 is 14.6 Å². The zero-order valence-corrected chi connectivity index (χ0v) is 23.6. The molecule has 0 saturated heterocycles. The van der Waals surface area contributed by atoms with E-state index in [0.717, 1.165) is 19.3 Å². The van der Waals surface area contributed by atoms with E-state index in [1.54, 1.807) is 0 Å². The smallest absolute Gasteiger partial charge is 0.305 e. The lowest BCUT2D eigenvalue weighted by Gasteiger charge is -2.20.